The number of hydrogen-bond donors (Lipinski definition) is 1. The summed E-state index contributed by atoms with van der Waals surface area (Å²) in [6, 6.07) is 6.24. The van der Waals surface area contributed by atoms with Crippen LogP contribution in [0.2, 0.25) is 0 Å². The van der Waals surface area contributed by atoms with E-state index in [-0.39, 0.29) is 18.6 Å². The molecule has 0 heterocycles. The largest absolute Gasteiger partial charge is 0.369 e. The molecule has 0 atom stereocenters. The third-order valence-corrected chi connectivity index (χ3v) is 2.63. The summed E-state index contributed by atoms with van der Waals surface area (Å²) in [5, 5.41) is 2.62. The number of ether oxygens (including phenoxy) is 1. The molecule has 18 heavy (non-hydrogen) atoms. The van der Waals surface area contributed by atoms with Crippen molar-refractivity contribution in [3.8, 4) is 0 Å². The van der Waals surface area contributed by atoms with E-state index in [0.717, 1.165) is 0 Å². The molecule has 0 saturated carbocycles. The van der Waals surface area contributed by atoms with E-state index in [1.807, 2.05) is 13.8 Å². The van der Waals surface area contributed by atoms with E-state index in [1.54, 1.807) is 12.1 Å². The maximum Gasteiger partial charge on any atom is 0.288 e. The zero-order valence-electron chi connectivity index (χ0n) is 10.2. The van der Waals surface area contributed by atoms with Crippen molar-refractivity contribution < 1.29 is 18.3 Å². The monoisotopic (exact) mass is 275 g/mol. The topological polar surface area (TPSA) is 38.3 Å². The second kappa shape index (κ2) is 7.33. The van der Waals surface area contributed by atoms with Crippen LogP contribution < -0.4 is 5.32 Å². The van der Waals surface area contributed by atoms with E-state index in [9.17, 15) is 13.6 Å². The average Bonchev–Trinajstić information content (AvgIpc) is 2.28. The van der Waals surface area contributed by atoms with Crippen LogP contribution >= 0.6 is 11.8 Å². The molecule has 0 radical (unpaired) electrons. The van der Waals surface area contributed by atoms with Crippen LogP contribution in [0, 0.1) is 0 Å². The third-order valence-electron chi connectivity index (χ3n) is 1.91. The molecule has 1 N–H and O–H groups in total. The van der Waals surface area contributed by atoms with Crippen molar-refractivity contribution in [2.24, 2.45) is 0 Å². The van der Waals surface area contributed by atoms with E-state index in [0.29, 0.717) is 22.3 Å². The van der Waals surface area contributed by atoms with Gasteiger partial charge in [0.1, 0.15) is 6.61 Å². The SMILES string of the molecule is CC(C)OCC(=O)Nc1ccc(SC(F)F)cc1. The van der Waals surface area contributed by atoms with Crippen molar-refractivity contribution in [3.63, 3.8) is 0 Å². The molecule has 1 amide bonds. The molecule has 0 saturated heterocycles. The highest BCUT2D eigenvalue weighted by atomic mass is 32.2. The van der Waals surface area contributed by atoms with Crippen molar-refractivity contribution in [2.45, 2.75) is 30.6 Å². The lowest BCUT2D eigenvalue weighted by atomic mass is 10.3. The standard InChI is InChI=1S/C12H15F2NO2S/c1-8(2)17-7-11(16)15-9-3-5-10(6-4-9)18-12(13)14/h3-6,8,12H,7H2,1-2H3,(H,15,16). The molecule has 1 aromatic rings. The molecule has 0 spiro atoms. The third kappa shape index (κ3) is 5.97. The van der Waals surface area contributed by atoms with Crippen molar-refractivity contribution in [2.75, 3.05) is 11.9 Å². The Balaban J connectivity index is 2.45. The Morgan fingerprint density at radius 1 is 1.33 bits per heavy atom. The van der Waals surface area contributed by atoms with Gasteiger partial charge in [-0.25, -0.2) is 0 Å². The zero-order valence-corrected chi connectivity index (χ0v) is 11.0. The Morgan fingerprint density at radius 2 is 1.94 bits per heavy atom. The molecule has 6 heteroatoms. The molecule has 0 aliphatic carbocycles. The minimum Gasteiger partial charge on any atom is -0.369 e. The summed E-state index contributed by atoms with van der Waals surface area (Å²) in [5.41, 5.74) is 0.561. The minimum atomic E-state index is -2.44. The van der Waals surface area contributed by atoms with E-state index in [4.69, 9.17) is 4.74 Å². The molecule has 1 rings (SSSR count). The van der Waals surface area contributed by atoms with E-state index in [2.05, 4.69) is 5.32 Å². The Hall–Kier alpha value is -1.14. The van der Waals surface area contributed by atoms with Crippen LogP contribution in [0.3, 0.4) is 0 Å². The Morgan fingerprint density at radius 3 is 2.44 bits per heavy atom. The predicted octanol–water partition coefficient (Wildman–Crippen LogP) is 3.36. The summed E-state index contributed by atoms with van der Waals surface area (Å²) in [7, 11) is 0. The zero-order chi connectivity index (χ0) is 13.5. The number of thioether (sulfide) groups is 1. The van der Waals surface area contributed by atoms with Gasteiger partial charge in [0.05, 0.1) is 6.10 Å². The normalized spacial score (nSPS) is 11.0. The first-order valence-electron chi connectivity index (χ1n) is 5.43. The summed E-state index contributed by atoms with van der Waals surface area (Å²) >= 11 is 0.469. The fraction of sp³-hybridized carbons (Fsp3) is 0.417. The van der Waals surface area contributed by atoms with Gasteiger partial charge in [-0.05, 0) is 38.1 Å². The molecule has 0 aliphatic heterocycles. The Labute approximate surface area is 109 Å². The van der Waals surface area contributed by atoms with E-state index >= 15 is 0 Å². The van der Waals surface area contributed by atoms with Crippen LogP contribution in [-0.4, -0.2) is 24.4 Å². The van der Waals surface area contributed by atoms with Gasteiger partial charge in [0.15, 0.2) is 0 Å². The van der Waals surface area contributed by atoms with Gasteiger partial charge in [-0.3, -0.25) is 4.79 Å². The molecule has 0 unspecified atom stereocenters. The van der Waals surface area contributed by atoms with Crippen LogP contribution in [0.15, 0.2) is 29.2 Å². The van der Waals surface area contributed by atoms with Gasteiger partial charge in [-0.2, -0.15) is 8.78 Å². The number of nitrogens with one attached hydrogen (secondary N) is 1. The second-order valence-electron chi connectivity index (χ2n) is 3.81. The number of rotatable bonds is 6. The highest BCUT2D eigenvalue weighted by Gasteiger charge is 2.06. The van der Waals surface area contributed by atoms with Crippen molar-refractivity contribution in [3.05, 3.63) is 24.3 Å². The van der Waals surface area contributed by atoms with Gasteiger partial charge in [0, 0.05) is 10.6 Å². The lowest BCUT2D eigenvalue weighted by molar-refractivity contribution is -0.121. The molecule has 0 bridgehead atoms. The van der Waals surface area contributed by atoms with Crippen LogP contribution in [0.1, 0.15) is 13.8 Å². The molecule has 1 aromatic carbocycles. The van der Waals surface area contributed by atoms with Crippen molar-refractivity contribution in [1.29, 1.82) is 0 Å². The molecule has 0 aliphatic rings. The summed E-state index contributed by atoms with van der Waals surface area (Å²) in [6.45, 7) is 3.65. The summed E-state index contributed by atoms with van der Waals surface area (Å²) in [4.78, 5) is 11.9. The van der Waals surface area contributed by atoms with Gasteiger partial charge in [0.2, 0.25) is 5.91 Å². The van der Waals surface area contributed by atoms with Gasteiger partial charge in [-0.15, -0.1) is 0 Å². The lowest BCUT2D eigenvalue weighted by Crippen LogP contribution is -2.20. The van der Waals surface area contributed by atoms with Crippen LogP contribution in [-0.2, 0) is 9.53 Å². The number of carbonyl (C=O) groups is 1. The maximum atomic E-state index is 12.1. The Bertz CT molecular complexity index is 382. The fourth-order valence-corrected chi connectivity index (χ4v) is 1.66. The number of hydrogen-bond acceptors (Lipinski definition) is 3. The lowest BCUT2D eigenvalue weighted by Gasteiger charge is -2.08. The van der Waals surface area contributed by atoms with Gasteiger partial charge < -0.3 is 10.1 Å². The summed E-state index contributed by atoms with van der Waals surface area (Å²) < 4.78 is 29.3. The average molecular weight is 275 g/mol. The van der Waals surface area contributed by atoms with Crippen LogP contribution in [0.4, 0.5) is 14.5 Å². The van der Waals surface area contributed by atoms with Crippen molar-refractivity contribution >= 4 is 23.4 Å². The molecule has 3 nitrogen and oxygen atoms in total. The van der Waals surface area contributed by atoms with Crippen LogP contribution in [0.5, 0.6) is 0 Å². The number of alkyl halides is 2. The number of benzene rings is 1. The predicted molar refractivity (Wildman–Crippen MR) is 68.0 cm³/mol. The molecule has 0 aromatic heterocycles. The maximum absolute atomic E-state index is 12.1. The molecule has 100 valence electrons. The highest BCUT2D eigenvalue weighted by molar-refractivity contribution is 7.99. The molecular weight excluding hydrogens is 260 g/mol. The smallest absolute Gasteiger partial charge is 0.288 e. The Kier molecular flexibility index (Phi) is 6.07. The van der Waals surface area contributed by atoms with Gasteiger partial charge >= 0.3 is 0 Å². The summed E-state index contributed by atoms with van der Waals surface area (Å²) in [5.74, 6) is -2.71. The number of amides is 1. The number of carbonyl (C=O) groups excluding carboxylic acids is 1. The van der Waals surface area contributed by atoms with Crippen LogP contribution in [0.25, 0.3) is 0 Å². The van der Waals surface area contributed by atoms with E-state index < -0.39 is 5.76 Å². The minimum absolute atomic E-state index is 0.0134. The first kappa shape index (κ1) is 14.9. The number of halogens is 2. The second-order valence-corrected chi connectivity index (χ2v) is 4.87. The molecular formula is C12H15F2NO2S. The van der Waals surface area contributed by atoms with Crippen molar-refractivity contribution in [1.82, 2.24) is 0 Å². The number of anilines is 1. The van der Waals surface area contributed by atoms with Gasteiger partial charge in [-0.1, -0.05) is 11.8 Å². The van der Waals surface area contributed by atoms with Gasteiger partial charge in [0.25, 0.3) is 5.76 Å². The fourth-order valence-electron chi connectivity index (χ4n) is 1.16. The highest BCUT2D eigenvalue weighted by Crippen LogP contribution is 2.26. The first-order valence-corrected chi connectivity index (χ1v) is 6.31. The van der Waals surface area contributed by atoms with E-state index in [1.165, 1.54) is 12.1 Å². The first-order chi connectivity index (χ1) is 8.47. The molecule has 0 fully saturated rings. The summed E-state index contributed by atoms with van der Waals surface area (Å²) in [6.07, 6.45) is -0.0134. The quantitative estimate of drug-likeness (QED) is 0.809.